The van der Waals surface area contributed by atoms with Gasteiger partial charge in [0, 0.05) is 26.1 Å². The second-order valence-corrected chi connectivity index (χ2v) is 9.13. The van der Waals surface area contributed by atoms with Gasteiger partial charge in [-0.1, -0.05) is 62.4 Å². The average molecular weight is 412 g/mol. The Morgan fingerprint density at radius 3 is 2.43 bits per heavy atom. The lowest BCUT2D eigenvalue weighted by Gasteiger charge is -2.37. The minimum absolute atomic E-state index is 0.127. The molecule has 0 unspecified atom stereocenters. The first-order valence-corrected chi connectivity index (χ1v) is 11.5. The van der Waals surface area contributed by atoms with Crippen molar-refractivity contribution >= 4 is 17.8 Å². The summed E-state index contributed by atoms with van der Waals surface area (Å²) in [6.45, 7) is 1.48. The Bertz CT molecular complexity index is 765. The van der Waals surface area contributed by atoms with Crippen molar-refractivity contribution in [1.29, 1.82) is 0 Å². The molecule has 2 heterocycles. The Balaban J connectivity index is 1.27. The number of nitrogens with zero attached hydrogens (tertiary/aromatic N) is 2. The summed E-state index contributed by atoms with van der Waals surface area (Å²) in [6.07, 6.45) is 9.73. The van der Waals surface area contributed by atoms with Gasteiger partial charge in [-0.05, 0) is 37.2 Å². The molecule has 4 rings (SSSR count). The van der Waals surface area contributed by atoms with Crippen molar-refractivity contribution < 1.29 is 14.4 Å². The van der Waals surface area contributed by atoms with E-state index in [4.69, 9.17) is 0 Å². The number of nitrogens with one attached hydrogen (secondary N) is 1. The van der Waals surface area contributed by atoms with Gasteiger partial charge in [-0.25, -0.2) is 4.79 Å². The first-order valence-electron chi connectivity index (χ1n) is 11.5. The van der Waals surface area contributed by atoms with Crippen LogP contribution in [-0.2, 0) is 16.0 Å². The normalized spacial score (nSPS) is 21.9. The van der Waals surface area contributed by atoms with Crippen molar-refractivity contribution in [2.24, 2.45) is 5.92 Å². The van der Waals surface area contributed by atoms with Crippen LogP contribution in [0.5, 0.6) is 0 Å². The van der Waals surface area contributed by atoms with Gasteiger partial charge in [0.2, 0.25) is 5.91 Å². The summed E-state index contributed by atoms with van der Waals surface area (Å²) in [5.74, 6) is 0.776. The summed E-state index contributed by atoms with van der Waals surface area (Å²) in [7, 11) is 0. The highest BCUT2D eigenvalue weighted by molar-refractivity contribution is 6.07. The van der Waals surface area contributed by atoms with Crippen LogP contribution in [0.2, 0.25) is 0 Å². The zero-order valence-electron chi connectivity index (χ0n) is 17.8. The third-order valence-corrected chi connectivity index (χ3v) is 7.17. The summed E-state index contributed by atoms with van der Waals surface area (Å²) < 4.78 is 0. The Morgan fingerprint density at radius 2 is 1.73 bits per heavy atom. The number of piperidine rings is 1. The van der Waals surface area contributed by atoms with E-state index in [1.165, 1.54) is 37.0 Å². The van der Waals surface area contributed by atoms with E-state index in [9.17, 15) is 14.4 Å². The maximum Gasteiger partial charge on any atom is 0.325 e. The second kappa shape index (κ2) is 9.19. The van der Waals surface area contributed by atoms with Gasteiger partial charge >= 0.3 is 6.03 Å². The summed E-state index contributed by atoms with van der Waals surface area (Å²) in [4.78, 5) is 41.4. The molecule has 3 aliphatic rings. The molecule has 2 saturated heterocycles. The number of carbonyl (C=O) groups excluding carboxylic acids is 3. The van der Waals surface area contributed by atoms with Crippen molar-refractivity contribution in [3.05, 3.63) is 35.9 Å². The number of rotatable bonds is 6. The molecule has 0 bridgehead atoms. The van der Waals surface area contributed by atoms with Crippen molar-refractivity contribution in [2.75, 3.05) is 19.6 Å². The van der Waals surface area contributed by atoms with Crippen LogP contribution >= 0.6 is 0 Å². The molecule has 1 aromatic rings. The number of amides is 4. The highest BCUT2D eigenvalue weighted by Crippen LogP contribution is 2.31. The minimum atomic E-state index is -0.825. The highest BCUT2D eigenvalue weighted by Gasteiger charge is 2.52. The van der Waals surface area contributed by atoms with Crippen molar-refractivity contribution in [2.45, 2.75) is 69.7 Å². The molecule has 1 spiro atoms. The summed E-state index contributed by atoms with van der Waals surface area (Å²) >= 11 is 0. The summed E-state index contributed by atoms with van der Waals surface area (Å²) in [5, 5.41) is 2.95. The topological polar surface area (TPSA) is 69.7 Å². The molecule has 1 saturated carbocycles. The van der Waals surface area contributed by atoms with Gasteiger partial charge in [0.25, 0.3) is 5.91 Å². The van der Waals surface area contributed by atoms with Gasteiger partial charge in [0.15, 0.2) is 0 Å². The molecule has 1 aliphatic carbocycles. The predicted molar refractivity (Wildman–Crippen MR) is 115 cm³/mol. The number of imide groups is 1. The fourth-order valence-electron chi connectivity index (χ4n) is 5.20. The maximum atomic E-state index is 13.1. The molecule has 162 valence electrons. The van der Waals surface area contributed by atoms with Crippen LogP contribution in [0, 0.1) is 5.92 Å². The molecule has 6 heteroatoms. The van der Waals surface area contributed by atoms with Crippen molar-refractivity contribution in [3.8, 4) is 0 Å². The third kappa shape index (κ3) is 4.52. The summed E-state index contributed by atoms with van der Waals surface area (Å²) in [5.41, 5.74) is 0.283. The Labute approximate surface area is 179 Å². The van der Waals surface area contributed by atoms with Crippen molar-refractivity contribution in [3.63, 3.8) is 0 Å². The molecular weight excluding hydrogens is 378 g/mol. The van der Waals surface area contributed by atoms with E-state index in [1.54, 1.807) is 0 Å². The molecule has 0 aromatic heterocycles. The fourth-order valence-corrected chi connectivity index (χ4v) is 5.20. The van der Waals surface area contributed by atoms with E-state index in [2.05, 4.69) is 5.32 Å². The highest BCUT2D eigenvalue weighted by atomic mass is 16.2. The smallest absolute Gasteiger partial charge is 0.325 e. The maximum absolute atomic E-state index is 13.1. The van der Waals surface area contributed by atoms with Crippen LogP contribution < -0.4 is 5.32 Å². The van der Waals surface area contributed by atoms with E-state index in [0.29, 0.717) is 51.2 Å². The van der Waals surface area contributed by atoms with E-state index in [0.717, 1.165) is 12.0 Å². The van der Waals surface area contributed by atoms with Crippen LogP contribution in [0.1, 0.15) is 63.4 Å². The fraction of sp³-hybridized carbons (Fsp3) is 0.625. The quantitative estimate of drug-likeness (QED) is 0.729. The number of benzene rings is 1. The first kappa shape index (κ1) is 20.9. The largest absolute Gasteiger partial charge is 0.342 e. The zero-order chi connectivity index (χ0) is 21.0. The van der Waals surface area contributed by atoms with Crippen molar-refractivity contribution in [1.82, 2.24) is 15.1 Å². The lowest BCUT2D eigenvalue weighted by Crippen LogP contribution is -2.55. The molecule has 1 N–H and O–H groups in total. The van der Waals surface area contributed by atoms with Gasteiger partial charge in [-0.2, -0.15) is 0 Å². The number of likely N-dealkylation sites (tertiary alicyclic amines) is 1. The number of urea groups is 1. The standard InChI is InChI=1S/C24H33N3O3/c28-21(12-11-19-7-3-1-4-8-19)26-17-14-24(15-18-26)22(29)27(23(30)25-24)16-13-20-9-5-2-6-10-20/h2,5-6,9-10,19H,1,3-4,7-8,11-18H2,(H,25,30). The van der Waals surface area contributed by atoms with Gasteiger partial charge in [-0.3, -0.25) is 14.5 Å². The Hall–Kier alpha value is -2.37. The summed E-state index contributed by atoms with van der Waals surface area (Å²) in [6, 6.07) is 9.59. The van der Waals surface area contributed by atoms with Crippen LogP contribution in [0.25, 0.3) is 0 Å². The number of hydrogen-bond donors (Lipinski definition) is 1. The lowest BCUT2D eigenvalue weighted by atomic mass is 9.85. The molecule has 6 nitrogen and oxygen atoms in total. The van der Waals surface area contributed by atoms with Crippen LogP contribution in [0.4, 0.5) is 4.79 Å². The van der Waals surface area contributed by atoms with Gasteiger partial charge in [0.05, 0.1) is 0 Å². The molecule has 1 aromatic carbocycles. The van der Waals surface area contributed by atoms with Gasteiger partial charge < -0.3 is 10.2 Å². The van der Waals surface area contributed by atoms with Crippen LogP contribution in [0.15, 0.2) is 30.3 Å². The van der Waals surface area contributed by atoms with Crippen LogP contribution in [0.3, 0.4) is 0 Å². The van der Waals surface area contributed by atoms with E-state index in [1.807, 2.05) is 35.2 Å². The van der Waals surface area contributed by atoms with Crippen LogP contribution in [-0.4, -0.2) is 52.8 Å². The first-order chi connectivity index (χ1) is 14.6. The van der Waals surface area contributed by atoms with E-state index < -0.39 is 5.54 Å². The second-order valence-electron chi connectivity index (χ2n) is 9.13. The Kier molecular flexibility index (Phi) is 6.40. The number of hydrogen-bond acceptors (Lipinski definition) is 3. The van der Waals surface area contributed by atoms with E-state index in [-0.39, 0.29) is 17.8 Å². The third-order valence-electron chi connectivity index (χ3n) is 7.17. The Morgan fingerprint density at radius 1 is 1.03 bits per heavy atom. The predicted octanol–water partition coefficient (Wildman–Crippen LogP) is 3.50. The molecular formula is C24H33N3O3. The molecule has 3 fully saturated rings. The molecule has 4 amide bonds. The number of carbonyl (C=O) groups is 3. The zero-order valence-corrected chi connectivity index (χ0v) is 17.8. The average Bonchev–Trinajstić information content (AvgIpc) is 3.01. The van der Waals surface area contributed by atoms with Gasteiger partial charge in [-0.15, -0.1) is 0 Å². The molecule has 0 radical (unpaired) electrons. The SMILES string of the molecule is O=C(CCC1CCCCC1)N1CCC2(CC1)NC(=O)N(CCc1ccccc1)C2=O. The monoisotopic (exact) mass is 411 g/mol. The molecule has 2 aliphatic heterocycles. The molecule has 0 atom stereocenters. The van der Waals surface area contributed by atoms with Gasteiger partial charge in [0.1, 0.15) is 5.54 Å². The molecule has 30 heavy (non-hydrogen) atoms. The minimum Gasteiger partial charge on any atom is -0.342 e. The lowest BCUT2D eigenvalue weighted by molar-refractivity contribution is -0.138. The van der Waals surface area contributed by atoms with E-state index >= 15 is 0 Å².